The van der Waals surface area contributed by atoms with E-state index in [0.717, 1.165) is 35.0 Å². The van der Waals surface area contributed by atoms with Crippen LogP contribution in [-0.2, 0) is 13.1 Å². The predicted octanol–water partition coefficient (Wildman–Crippen LogP) is 4.66. The number of fused-ring (bicyclic) bond motifs is 1. The maximum absolute atomic E-state index is 10.9. The molecular formula is C19H22N4O2S. The van der Waals surface area contributed by atoms with Gasteiger partial charge in [0.1, 0.15) is 0 Å². The molecule has 0 saturated carbocycles. The molecule has 0 unspecified atom stereocenters. The second-order valence-corrected chi connectivity index (χ2v) is 7.04. The molecule has 26 heavy (non-hydrogen) atoms. The lowest BCUT2D eigenvalue weighted by Gasteiger charge is -2.20. The van der Waals surface area contributed by atoms with E-state index in [1.165, 1.54) is 28.5 Å². The number of rotatable bonds is 8. The Balaban J connectivity index is 1.75. The van der Waals surface area contributed by atoms with Gasteiger partial charge in [0.05, 0.1) is 15.1 Å². The number of hydrogen-bond acceptors (Lipinski definition) is 6. The largest absolute Gasteiger partial charge is 0.357 e. The molecule has 0 fully saturated rings. The normalized spacial score (nSPS) is 11.2. The fourth-order valence-corrected chi connectivity index (χ4v) is 3.74. The molecule has 0 aliphatic rings. The monoisotopic (exact) mass is 370 g/mol. The van der Waals surface area contributed by atoms with Crippen molar-refractivity contribution >= 4 is 32.4 Å². The van der Waals surface area contributed by atoms with Crippen molar-refractivity contribution in [3.63, 3.8) is 0 Å². The van der Waals surface area contributed by atoms with Crippen LogP contribution in [0.25, 0.3) is 10.2 Å². The van der Waals surface area contributed by atoms with Gasteiger partial charge in [-0.3, -0.25) is 15.0 Å². The summed E-state index contributed by atoms with van der Waals surface area (Å²) >= 11 is 1.44. The number of thiazole rings is 1. The summed E-state index contributed by atoms with van der Waals surface area (Å²) < 4.78 is 0.818. The summed E-state index contributed by atoms with van der Waals surface area (Å²) in [6.45, 7) is 8.00. The smallest absolute Gasteiger partial charge is 0.270 e. The molecule has 2 aromatic carbocycles. The molecule has 7 heteroatoms. The number of benzene rings is 2. The van der Waals surface area contributed by atoms with Crippen LogP contribution in [-0.4, -0.2) is 27.9 Å². The number of nitro benzene ring substituents is 1. The molecule has 3 rings (SSSR count). The van der Waals surface area contributed by atoms with Gasteiger partial charge >= 0.3 is 0 Å². The topological polar surface area (TPSA) is 71.3 Å². The van der Waals surface area contributed by atoms with E-state index < -0.39 is 0 Å². The van der Waals surface area contributed by atoms with E-state index in [4.69, 9.17) is 0 Å². The summed E-state index contributed by atoms with van der Waals surface area (Å²) in [6, 6.07) is 13.2. The fraction of sp³-hybridized carbons (Fsp3) is 0.316. The van der Waals surface area contributed by atoms with Crippen LogP contribution in [0.4, 0.5) is 10.8 Å². The summed E-state index contributed by atoms with van der Waals surface area (Å²) in [5.74, 6) is 0. The molecule has 0 aliphatic carbocycles. The molecule has 1 aromatic heterocycles. The highest BCUT2D eigenvalue weighted by Gasteiger charge is 2.11. The van der Waals surface area contributed by atoms with Gasteiger partial charge in [0, 0.05) is 25.2 Å². The highest BCUT2D eigenvalue weighted by molar-refractivity contribution is 7.22. The molecule has 1 heterocycles. The Bertz CT molecular complexity index is 905. The van der Waals surface area contributed by atoms with Gasteiger partial charge in [-0.2, -0.15) is 0 Å². The molecule has 0 amide bonds. The molecule has 136 valence electrons. The van der Waals surface area contributed by atoms with Gasteiger partial charge in [-0.25, -0.2) is 4.98 Å². The predicted molar refractivity (Wildman–Crippen MR) is 107 cm³/mol. The zero-order valence-corrected chi connectivity index (χ0v) is 15.8. The van der Waals surface area contributed by atoms with Crippen molar-refractivity contribution in [2.75, 3.05) is 18.4 Å². The van der Waals surface area contributed by atoms with E-state index in [-0.39, 0.29) is 10.6 Å². The Morgan fingerprint density at radius 2 is 1.88 bits per heavy atom. The van der Waals surface area contributed by atoms with Crippen LogP contribution in [0.2, 0.25) is 0 Å². The van der Waals surface area contributed by atoms with Crippen molar-refractivity contribution in [1.82, 2.24) is 9.88 Å². The van der Waals surface area contributed by atoms with Gasteiger partial charge in [0.2, 0.25) is 0 Å². The molecule has 3 aromatic rings. The number of anilines is 1. The van der Waals surface area contributed by atoms with Crippen molar-refractivity contribution in [1.29, 1.82) is 0 Å². The zero-order valence-electron chi connectivity index (χ0n) is 14.9. The van der Waals surface area contributed by atoms with E-state index in [0.29, 0.717) is 6.54 Å². The Morgan fingerprint density at radius 1 is 1.15 bits per heavy atom. The van der Waals surface area contributed by atoms with E-state index in [2.05, 4.69) is 47.2 Å². The molecule has 0 bridgehead atoms. The van der Waals surface area contributed by atoms with Crippen molar-refractivity contribution < 1.29 is 4.92 Å². The Hall–Kier alpha value is -2.51. The third-order valence-corrected chi connectivity index (χ3v) is 5.40. The quantitative estimate of drug-likeness (QED) is 0.461. The minimum Gasteiger partial charge on any atom is -0.357 e. The third kappa shape index (κ3) is 4.17. The first-order chi connectivity index (χ1) is 12.6. The van der Waals surface area contributed by atoms with Crippen LogP contribution in [0.1, 0.15) is 25.0 Å². The number of hydrogen-bond donors (Lipinski definition) is 1. The standard InChI is InChI=1S/C19H22N4O2S/c1-3-22(4-2)13-15-8-6-5-7-14(15)12-20-19-21-17-10-9-16(23(24)25)11-18(17)26-19/h5-11H,3-4,12-13H2,1-2H3,(H,20,21). The van der Waals surface area contributed by atoms with Gasteiger partial charge < -0.3 is 5.32 Å². The summed E-state index contributed by atoms with van der Waals surface area (Å²) in [5, 5.41) is 15.1. The van der Waals surface area contributed by atoms with E-state index >= 15 is 0 Å². The first kappa shape index (κ1) is 18.3. The van der Waals surface area contributed by atoms with E-state index in [1.54, 1.807) is 12.1 Å². The average molecular weight is 370 g/mol. The number of nitrogens with one attached hydrogen (secondary N) is 1. The van der Waals surface area contributed by atoms with Crippen molar-refractivity contribution in [2.24, 2.45) is 0 Å². The number of nitrogens with zero attached hydrogens (tertiary/aromatic N) is 3. The Labute approximate surface area is 156 Å². The lowest BCUT2D eigenvalue weighted by molar-refractivity contribution is -0.384. The van der Waals surface area contributed by atoms with Crippen molar-refractivity contribution in [3.8, 4) is 0 Å². The Morgan fingerprint density at radius 3 is 2.58 bits per heavy atom. The second-order valence-electron chi connectivity index (χ2n) is 6.01. The average Bonchev–Trinajstić information content (AvgIpc) is 3.07. The second kappa shape index (κ2) is 8.25. The molecule has 0 aliphatic heterocycles. The molecule has 6 nitrogen and oxygen atoms in total. The molecule has 1 N–H and O–H groups in total. The minimum atomic E-state index is -0.379. The van der Waals surface area contributed by atoms with Crippen LogP contribution in [0.15, 0.2) is 42.5 Å². The lowest BCUT2D eigenvalue weighted by atomic mass is 10.1. The molecule has 0 radical (unpaired) electrons. The van der Waals surface area contributed by atoms with Crippen molar-refractivity contribution in [2.45, 2.75) is 26.9 Å². The summed E-state index contributed by atoms with van der Waals surface area (Å²) in [6.07, 6.45) is 0. The van der Waals surface area contributed by atoms with Gasteiger partial charge in [-0.05, 0) is 30.3 Å². The molecular weight excluding hydrogens is 348 g/mol. The fourth-order valence-electron chi connectivity index (χ4n) is 2.85. The van der Waals surface area contributed by atoms with Crippen LogP contribution in [0.3, 0.4) is 0 Å². The van der Waals surface area contributed by atoms with E-state index in [9.17, 15) is 10.1 Å². The number of non-ortho nitro benzene ring substituents is 1. The zero-order chi connectivity index (χ0) is 18.5. The third-order valence-electron chi connectivity index (χ3n) is 4.42. The van der Waals surface area contributed by atoms with Crippen LogP contribution in [0, 0.1) is 10.1 Å². The van der Waals surface area contributed by atoms with Gasteiger partial charge in [0.15, 0.2) is 5.13 Å². The first-order valence-corrected chi connectivity index (χ1v) is 9.50. The van der Waals surface area contributed by atoms with Gasteiger partial charge in [-0.15, -0.1) is 0 Å². The summed E-state index contributed by atoms with van der Waals surface area (Å²) in [4.78, 5) is 17.4. The van der Waals surface area contributed by atoms with Crippen LogP contribution in [0.5, 0.6) is 0 Å². The van der Waals surface area contributed by atoms with Gasteiger partial charge in [0.25, 0.3) is 5.69 Å². The van der Waals surface area contributed by atoms with Gasteiger partial charge in [-0.1, -0.05) is 49.4 Å². The first-order valence-electron chi connectivity index (χ1n) is 8.68. The lowest BCUT2D eigenvalue weighted by Crippen LogP contribution is -2.23. The minimum absolute atomic E-state index is 0.0947. The highest BCUT2D eigenvalue weighted by Crippen LogP contribution is 2.29. The SMILES string of the molecule is CCN(CC)Cc1ccccc1CNc1nc2ccc([N+](=O)[O-])cc2s1. The van der Waals surface area contributed by atoms with Crippen molar-refractivity contribution in [3.05, 3.63) is 63.7 Å². The van der Waals surface area contributed by atoms with E-state index in [1.807, 2.05) is 6.07 Å². The molecule has 0 spiro atoms. The maximum atomic E-state index is 10.9. The number of aromatic nitrogens is 1. The maximum Gasteiger partial charge on any atom is 0.270 e. The summed E-state index contributed by atoms with van der Waals surface area (Å²) in [5.41, 5.74) is 3.42. The summed E-state index contributed by atoms with van der Waals surface area (Å²) in [7, 11) is 0. The molecule has 0 saturated heterocycles. The number of nitro groups is 1. The highest BCUT2D eigenvalue weighted by atomic mass is 32.1. The van der Waals surface area contributed by atoms with Crippen LogP contribution < -0.4 is 5.32 Å². The Kier molecular flexibility index (Phi) is 5.80. The molecule has 0 atom stereocenters. The van der Waals surface area contributed by atoms with Crippen LogP contribution >= 0.6 is 11.3 Å².